The highest BCUT2D eigenvalue weighted by atomic mass is 32.2. The third-order valence-corrected chi connectivity index (χ3v) is 5.43. The molecule has 2 heterocycles. The maximum atomic E-state index is 12.7. The van der Waals surface area contributed by atoms with Crippen molar-refractivity contribution in [1.82, 2.24) is 19.3 Å². The Balaban J connectivity index is 2.06. The lowest BCUT2D eigenvalue weighted by molar-refractivity contribution is 0.115. The summed E-state index contributed by atoms with van der Waals surface area (Å²) in [7, 11) is -0.282. The van der Waals surface area contributed by atoms with Crippen molar-refractivity contribution in [2.75, 3.05) is 20.2 Å². The minimum atomic E-state index is -3.56. The van der Waals surface area contributed by atoms with E-state index in [2.05, 4.69) is 10.2 Å². The number of hydrogen-bond donors (Lipinski definition) is 0. The molecule has 0 amide bonds. The van der Waals surface area contributed by atoms with Crippen molar-refractivity contribution < 1.29 is 13.2 Å². The molecule has 2 aromatic rings. The molecule has 1 aliphatic rings. The number of sulfonamides is 1. The van der Waals surface area contributed by atoms with E-state index >= 15 is 0 Å². The third-order valence-electron chi connectivity index (χ3n) is 3.53. The average molecular weight is 296 g/mol. The van der Waals surface area contributed by atoms with Crippen molar-refractivity contribution in [3.8, 4) is 0 Å². The van der Waals surface area contributed by atoms with E-state index in [9.17, 15) is 8.42 Å². The Kier molecular flexibility index (Phi) is 3.23. The van der Waals surface area contributed by atoms with Crippen LogP contribution in [0.3, 0.4) is 0 Å². The minimum Gasteiger partial charge on any atom is -0.380 e. The second-order valence-corrected chi connectivity index (χ2v) is 6.73. The number of aromatic nitrogens is 3. The van der Waals surface area contributed by atoms with E-state index in [0.717, 1.165) is 0 Å². The van der Waals surface area contributed by atoms with Gasteiger partial charge in [0.2, 0.25) is 10.0 Å². The van der Waals surface area contributed by atoms with Crippen LogP contribution in [-0.4, -0.2) is 54.0 Å². The first-order chi connectivity index (χ1) is 9.52. The Hall–Kier alpha value is -1.51. The Morgan fingerprint density at radius 1 is 1.35 bits per heavy atom. The average Bonchev–Trinajstić information content (AvgIpc) is 3.02. The fraction of sp³-hybridized carbons (Fsp3) is 0.500. The predicted octanol–water partition coefficient (Wildman–Crippen LogP) is 0.378. The molecule has 1 fully saturated rings. The van der Waals surface area contributed by atoms with Crippen LogP contribution in [0.25, 0.3) is 11.0 Å². The van der Waals surface area contributed by atoms with Gasteiger partial charge in [0.15, 0.2) is 0 Å². The first-order valence-electron chi connectivity index (χ1n) is 6.35. The van der Waals surface area contributed by atoms with Gasteiger partial charge >= 0.3 is 0 Å². The summed E-state index contributed by atoms with van der Waals surface area (Å²) in [5.41, 5.74) is 0.993. The van der Waals surface area contributed by atoms with Gasteiger partial charge in [0, 0.05) is 27.2 Å². The molecule has 0 bridgehead atoms. The fourth-order valence-electron chi connectivity index (χ4n) is 2.47. The van der Waals surface area contributed by atoms with E-state index < -0.39 is 10.0 Å². The molecule has 0 radical (unpaired) electrons. The number of benzene rings is 1. The van der Waals surface area contributed by atoms with Gasteiger partial charge in [-0.25, -0.2) is 8.42 Å². The van der Waals surface area contributed by atoms with Crippen molar-refractivity contribution in [2.45, 2.75) is 17.4 Å². The van der Waals surface area contributed by atoms with Crippen LogP contribution < -0.4 is 0 Å². The number of ether oxygens (including phenoxy) is 1. The first kappa shape index (κ1) is 13.5. The highest BCUT2D eigenvalue weighted by Crippen LogP contribution is 2.26. The zero-order valence-corrected chi connectivity index (χ0v) is 12.2. The van der Waals surface area contributed by atoms with Crippen molar-refractivity contribution in [3.63, 3.8) is 0 Å². The van der Waals surface area contributed by atoms with E-state index in [1.54, 1.807) is 32.4 Å². The van der Waals surface area contributed by atoms with Crippen molar-refractivity contribution in [1.29, 1.82) is 0 Å². The van der Waals surface area contributed by atoms with Crippen molar-refractivity contribution in [3.05, 3.63) is 18.2 Å². The standard InChI is InChI=1S/C12H16N4O3S/c1-15-13-10-4-3-5-11(12(10)14-15)20(17,18)16-7-6-9(8-16)19-2/h3-5,9H,6-8H2,1-2H3. The SMILES string of the molecule is COC1CCN(S(=O)(=O)c2cccc3nn(C)nc23)C1. The summed E-state index contributed by atoms with van der Waals surface area (Å²) in [4.78, 5) is 1.59. The van der Waals surface area contributed by atoms with E-state index in [1.807, 2.05) is 0 Å². The van der Waals surface area contributed by atoms with Gasteiger partial charge in [-0.1, -0.05) is 6.07 Å². The van der Waals surface area contributed by atoms with Crippen LogP contribution in [0.5, 0.6) is 0 Å². The number of fused-ring (bicyclic) bond motifs is 1. The van der Waals surface area contributed by atoms with Gasteiger partial charge in [-0.3, -0.25) is 0 Å². The molecule has 1 unspecified atom stereocenters. The zero-order valence-electron chi connectivity index (χ0n) is 11.4. The van der Waals surface area contributed by atoms with Gasteiger partial charge in [-0.05, 0) is 18.6 Å². The quantitative estimate of drug-likeness (QED) is 0.818. The third kappa shape index (κ3) is 2.09. The molecule has 0 spiro atoms. The second-order valence-electron chi connectivity index (χ2n) is 4.82. The Labute approximate surface area is 117 Å². The second kappa shape index (κ2) is 4.80. The molecule has 3 rings (SSSR count). The molecular weight excluding hydrogens is 280 g/mol. The number of nitrogens with zero attached hydrogens (tertiary/aromatic N) is 4. The molecule has 0 aliphatic carbocycles. The van der Waals surface area contributed by atoms with Crippen LogP contribution in [0, 0.1) is 0 Å². The van der Waals surface area contributed by atoms with Gasteiger partial charge in [0.05, 0.1) is 6.10 Å². The molecule has 1 aromatic heterocycles. The number of methoxy groups -OCH3 is 1. The molecule has 1 aliphatic heterocycles. The molecule has 8 heteroatoms. The molecule has 7 nitrogen and oxygen atoms in total. The smallest absolute Gasteiger partial charge is 0.245 e. The Morgan fingerprint density at radius 2 is 2.15 bits per heavy atom. The van der Waals surface area contributed by atoms with Crippen LogP contribution in [0.1, 0.15) is 6.42 Å². The van der Waals surface area contributed by atoms with Gasteiger partial charge in [0.1, 0.15) is 15.9 Å². The largest absolute Gasteiger partial charge is 0.380 e. The highest BCUT2D eigenvalue weighted by Gasteiger charge is 2.34. The molecule has 108 valence electrons. The summed E-state index contributed by atoms with van der Waals surface area (Å²) in [6.45, 7) is 0.854. The molecule has 1 saturated heterocycles. The lowest BCUT2D eigenvalue weighted by atomic mass is 10.3. The van der Waals surface area contributed by atoms with Gasteiger partial charge < -0.3 is 4.74 Å². The lowest BCUT2D eigenvalue weighted by Crippen LogP contribution is -2.30. The topological polar surface area (TPSA) is 77.3 Å². The van der Waals surface area contributed by atoms with Crippen molar-refractivity contribution in [2.24, 2.45) is 7.05 Å². The number of hydrogen-bond acceptors (Lipinski definition) is 5. The van der Waals surface area contributed by atoms with Crippen LogP contribution in [0.4, 0.5) is 0 Å². The summed E-state index contributed by atoms with van der Waals surface area (Å²) < 4.78 is 32.1. The molecule has 1 atom stereocenters. The summed E-state index contributed by atoms with van der Waals surface area (Å²) in [6, 6.07) is 5.02. The number of aryl methyl sites for hydroxylation is 1. The summed E-state index contributed by atoms with van der Waals surface area (Å²) in [5.74, 6) is 0. The minimum absolute atomic E-state index is 0.0363. The normalized spacial score (nSPS) is 20.8. The fourth-order valence-corrected chi connectivity index (χ4v) is 4.10. The van der Waals surface area contributed by atoms with Gasteiger partial charge in [-0.2, -0.15) is 19.3 Å². The van der Waals surface area contributed by atoms with E-state index in [1.165, 1.54) is 9.10 Å². The van der Waals surface area contributed by atoms with Crippen LogP contribution in [0.2, 0.25) is 0 Å². The van der Waals surface area contributed by atoms with Gasteiger partial charge in [0.25, 0.3) is 0 Å². The lowest BCUT2D eigenvalue weighted by Gasteiger charge is -2.16. The summed E-state index contributed by atoms with van der Waals surface area (Å²) in [5, 5.41) is 8.30. The number of rotatable bonds is 3. The van der Waals surface area contributed by atoms with Gasteiger partial charge in [-0.15, -0.1) is 0 Å². The maximum absolute atomic E-state index is 12.7. The van der Waals surface area contributed by atoms with Crippen molar-refractivity contribution >= 4 is 21.1 Å². The Morgan fingerprint density at radius 3 is 2.85 bits per heavy atom. The molecule has 20 heavy (non-hydrogen) atoms. The highest BCUT2D eigenvalue weighted by molar-refractivity contribution is 7.89. The van der Waals surface area contributed by atoms with Crippen LogP contribution in [0.15, 0.2) is 23.1 Å². The maximum Gasteiger partial charge on any atom is 0.245 e. The van der Waals surface area contributed by atoms with E-state index in [4.69, 9.17) is 4.74 Å². The van der Waals surface area contributed by atoms with Crippen LogP contribution >= 0.6 is 0 Å². The van der Waals surface area contributed by atoms with E-state index in [-0.39, 0.29) is 11.0 Å². The summed E-state index contributed by atoms with van der Waals surface area (Å²) in [6.07, 6.45) is 0.678. The first-order valence-corrected chi connectivity index (χ1v) is 7.79. The molecular formula is C12H16N4O3S. The zero-order chi connectivity index (χ0) is 14.3. The summed E-state index contributed by atoms with van der Waals surface area (Å²) >= 11 is 0. The predicted molar refractivity (Wildman–Crippen MR) is 72.7 cm³/mol. The molecule has 0 saturated carbocycles. The van der Waals surface area contributed by atoms with E-state index in [0.29, 0.717) is 30.5 Å². The molecule has 1 aromatic carbocycles. The Bertz CT molecular complexity index is 740. The monoisotopic (exact) mass is 296 g/mol. The van der Waals surface area contributed by atoms with Crippen LogP contribution in [-0.2, 0) is 21.8 Å². The molecule has 0 N–H and O–H groups in total.